The van der Waals surface area contributed by atoms with Gasteiger partial charge in [0.25, 0.3) is 5.91 Å². The Morgan fingerprint density at radius 2 is 1.76 bits per heavy atom. The van der Waals surface area contributed by atoms with E-state index < -0.39 is 47.4 Å². The van der Waals surface area contributed by atoms with Crippen LogP contribution in [0.2, 0.25) is 0 Å². The van der Waals surface area contributed by atoms with Gasteiger partial charge in [0.1, 0.15) is 11.4 Å². The van der Waals surface area contributed by atoms with Crippen molar-refractivity contribution in [2.75, 3.05) is 13.2 Å². The largest absolute Gasteiger partial charge is 0.494 e. The monoisotopic (exact) mass is 682 g/mol. The normalized spacial score (nSPS) is 17.4. The maximum absolute atomic E-state index is 14.3. The topological polar surface area (TPSA) is 167 Å². The van der Waals surface area contributed by atoms with E-state index in [9.17, 15) is 28.3 Å². The fourth-order valence-electron chi connectivity index (χ4n) is 5.16. The SMILES string of the molecule is CC(C)(C)OC(=O)CC[C@]1(C(=O)NNCc2ccccc2C(F)(F)F)N=C(c2ccc(OCCCO)cc2)O[C@H]1c1ccccc1N=[N+]=[N-]. The number of carbonyl (C=O) groups excluding carboxylic acids is 2. The lowest BCUT2D eigenvalue weighted by Gasteiger charge is -2.31. The minimum Gasteiger partial charge on any atom is -0.494 e. The second-order valence-corrected chi connectivity index (χ2v) is 12.1. The molecule has 1 aliphatic heterocycles. The van der Waals surface area contributed by atoms with Crippen LogP contribution in [0, 0.1) is 0 Å². The molecule has 0 saturated carbocycles. The molecule has 3 N–H and O–H groups in total. The van der Waals surface area contributed by atoms with Crippen LogP contribution in [-0.2, 0) is 31.8 Å². The molecule has 0 bridgehead atoms. The lowest BCUT2D eigenvalue weighted by molar-refractivity contribution is -0.155. The van der Waals surface area contributed by atoms with Crippen LogP contribution in [-0.4, -0.2) is 47.2 Å². The van der Waals surface area contributed by atoms with Crippen molar-refractivity contribution in [3.05, 3.63) is 105 Å². The minimum atomic E-state index is -4.62. The van der Waals surface area contributed by atoms with Crippen molar-refractivity contribution in [1.29, 1.82) is 0 Å². The fourth-order valence-corrected chi connectivity index (χ4v) is 5.16. The summed E-state index contributed by atoms with van der Waals surface area (Å²) in [7, 11) is 0. The van der Waals surface area contributed by atoms with E-state index in [4.69, 9.17) is 24.3 Å². The van der Waals surface area contributed by atoms with Gasteiger partial charge in [-0.25, -0.2) is 10.4 Å². The number of aliphatic hydroxyl groups excluding tert-OH is 1. The standard InChI is InChI=1S/C34H37F3N6O6/c1-32(2,3)49-28(45)17-18-33(31(46)42-39-21-23-9-4-6-11-26(23)34(35,36)37)29(25-10-5-7-12-27(25)41-43-38)48-30(40-33)22-13-15-24(16-14-22)47-20-8-19-44/h4-7,9-16,29,39,44H,8,17-21H2,1-3H3,(H,42,46)/t29-,33-/m0/s1. The number of nitrogens with zero attached hydrogens (tertiary/aromatic N) is 4. The van der Waals surface area contributed by atoms with E-state index in [0.29, 0.717) is 24.3 Å². The average molecular weight is 683 g/mol. The molecule has 0 aromatic heterocycles. The first-order valence-corrected chi connectivity index (χ1v) is 15.4. The first-order chi connectivity index (χ1) is 23.3. The summed E-state index contributed by atoms with van der Waals surface area (Å²) in [4.78, 5) is 34.9. The van der Waals surface area contributed by atoms with Crippen molar-refractivity contribution in [1.82, 2.24) is 10.9 Å². The van der Waals surface area contributed by atoms with Crippen LogP contribution in [0.15, 0.2) is 82.9 Å². The third kappa shape index (κ3) is 9.50. The molecule has 49 heavy (non-hydrogen) atoms. The van der Waals surface area contributed by atoms with Gasteiger partial charge in [-0.3, -0.25) is 15.0 Å². The quantitative estimate of drug-likeness (QED) is 0.0430. The number of ether oxygens (including phenoxy) is 3. The van der Waals surface area contributed by atoms with Gasteiger partial charge in [0.05, 0.1) is 12.2 Å². The molecule has 0 fully saturated rings. The third-order valence-corrected chi connectivity index (χ3v) is 7.34. The smallest absolute Gasteiger partial charge is 0.416 e. The molecular weight excluding hydrogens is 645 g/mol. The number of azide groups is 1. The molecule has 3 aromatic carbocycles. The van der Waals surface area contributed by atoms with E-state index in [0.717, 1.165) is 6.07 Å². The van der Waals surface area contributed by atoms with Crippen LogP contribution < -0.4 is 15.6 Å². The van der Waals surface area contributed by atoms with Gasteiger partial charge in [-0.2, -0.15) is 13.2 Å². The van der Waals surface area contributed by atoms with Crippen LogP contribution in [0.5, 0.6) is 5.75 Å². The van der Waals surface area contributed by atoms with E-state index in [1.807, 2.05) is 0 Å². The van der Waals surface area contributed by atoms with E-state index in [2.05, 4.69) is 20.9 Å². The van der Waals surface area contributed by atoms with Crippen LogP contribution in [0.3, 0.4) is 0 Å². The summed E-state index contributed by atoms with van der Waals surface area (Å²) in [5.74, 6) is -0.912. The molecule has 12 nitrogen and oxygen atoms in total. The third-order valence-electron chi connectivity index (χ3n) is 7.34. The highest BCUT2D eigenvalue weighted by Gasteiger charge is 2.54. The number of hydrogen-bond donors (Lipinski definition) is 3. The van der Waals surface area contributed by atoms with Gasteiger partial charge in [0, 0.05) is 47.7 Å². The fraction of sp³-hybridized carbons (Fsp3) is 0.382. The zero-order chi connectivity index (χ0) is 35.7. The number of carbonyl (C=O) groups is 2. The Morgan fingerprint density at radius 3 is 2.43 bits per heavy atom. The van der Waals surface area contributed by atoms with Gasteiger partial charge in [-0.05, 0) is 68.6 Å². The number of alkyl halides is 3. The van der Waals surface area contributed by atoms with Crippen molar-refractivity contribution < 1.29 is 42.1 Å². The molecule has 260 valence electrons. The van der Waals surface area contributed by atoms with Gasteiger partial charge in [-0.15, -0.1) is 0 Å². The van der Waals surface area contributed by atoms with Crippen molar-refractivity contribution in [3.8, 4) is 5.75 Å². The number of hydrogen-bond acceptors (Lipinski definition) is 9. The number of halogens is 3. The summed E-state index contributed by atoms with van der Waals surface area (Å²) >= 11 is 0. The number of rotatable bonds is 14. The lowest BCUT2D eigenvalue weighted by Crippen LogP contribution is -2.52. The number of amides is 1. The Labute approximate surface area is 280 Å². The zero-order valence-corrected chi connectivity index (χ0v) is 27.2. The molecule has 1 aliphatic rings. The van der Waals surface area contributed by atoms with Crippen LogP contribution in [0.1, 0.15) is 68.4 Å². The molecule has 2 atom stereocenters. The van der Waals surface area contributed by atoms with Crippen LogP contribution >= 0.6 is 0 Å². The van der Waals surface area contributed by atoms with Gasteiger partial charge in [0.2, 0.25) is 5.90 Å². The van der Waals surface area contributed by atoms with Crippen molar-refractivity contribution in [2.24, 2.45) is 10.1 Å². The maximum atomic E-state index is 14.3. The molecule has 0 saturated heterocycles. The Balaban J connectivity index is 1.75. The zero-order valence-electron chi connectivity index (χ0n) is 27.2. The van der Waals surface area contributed by atoms with Crippen LogP contribution in [0.25, 0.3) is 10.4 Å². The molecule has 1 heterocycles. The molecule has 3 aromatic rings. The summed E-state index contributed by atoms with van der Waals surface area (Å²) in [6, 6.07) is 17.9. The van der Waals surface area contributed by atoms with E-state index in [1.165, 1.54) is 24.3 Å². The van der Waals surface area contributed by atoms with Gasteiger partial charge < -0.3 is 19.3 Å². The van der Waals surface area contributed by atoms with E-state index in [-0.39, 0.29) is 42.2 Å². The number of aliphatic hydroxyl groups is 1. The predicted octanol–water partition coefficient (Wildman–Crippen LogP) is 6.61. The maximum Gasteiger partial charge on any atom is 0.416 e. The van der Waals surface area contributed by atoms with Crippen molar-refractivity contribution in [3.63, 3.8) is 0 Å². The molecular formula is C34H37F3N6O6. The number of hydrazine groups is 1. The Bertz CT molecular complexity index is 1700. The number of esters is 1. The molecule has 0 unspecified atom stereocenters. The predicted molar refractivity (Wildman–Crippen MR) is 173 cm³/mol. The number of nitrogens with one attached hydrogen (secondary N) is 2. The van der Waals surface area contributed by atoms with Crippen molar-refractivity contribution in [2.45, 2.75) is 70.0 Å². The van der Waals surface area contributed by atoms with Crippen LogP contribution in [0.4, 0.5) is 18.9 Å². The highest BCUT2D eigenvalue weighted by Crippen LogP contribution is 2.46. The Hall–Kier alpha value is -5.11. The summed E-state index contributed by atoms with van der Waals surface area (Å²) in [5, 5.41) is 12.8. The summed E-state index contributed by atoms with van der Waals surface area (Å²) in [6.07, 6.45) is -5.98. The number of aliphatic imine (C=N–C) groups is 1. The lowest BCUT2D eigenvalue weighted by atomic mass is 9.83. The summed E-state index contributed by atoms with van der Waals surface area (Å²) in [6.45, 7) is 4.96. The number of benzene rings is 3. The van der Waals surface area contributed by atoms with Gasteiger partial charge in [0.15, 0.2) is 11.6 Å². The summed E-state index contributed by atoms with van der Waals surface area (Å²) in [5.41, 5.74) is 11.5. The van der Waals surface area contributed by atoms with Gasteiger partial charge in [-0.1, -0.05) is 47.6 Å². The Morgan fingerprint density at radius 1 is 1.06 bits per heavy atom. The molecule has 0 radical (unpaired) electrons. The van der Waals surface area contributed by atoms with E-state index in [1.54, 1.807) is 63.2 Å². The molecule has 4 rings (SSSR count). The summed E-state index contributed by atoms with van der Waals surface area (Å²) < 4.78 is 58.4. The van der Waals surface area contributed by atoms with Gasteiger partial charge >= 0.3 is 12.1 Å². The van der Waals surface area contributed by atoms with E-state index >= 15 is 0 Å². The first kappa shape index (κ1) is 36.7. The first-order valence-electron chi connectivity index (χ1n) is 15.4. The second kappa shape index (κ2) is 15.9. The average Bonchev–Trinajstić information content (AvgIpc) is 3.44. The highest BCUT2D eigenvalue weighted by atomic mass is 19.4. The molecule has 0 spiro atoms. The highest BCUT2D eigenvalue weighted by molar-refractivity contribution is 6.01. The molecule has 0 aliphatic carbocycles. The molecule has 15 heteroatoms. The Kier molecular flexibility index (Phi) is 11.9. The second-order valence-electron chi connectivity index (χ2n) is 12.1. The van der Waals surface area contributed by atoms with Crippen molar-refractivity contribution >= 4 is 23.5 Å². The molecule has 1 amide bonds. The minimum absolute atomic E-state index is 0.0180.